The van der Waals surface area contributed by atoms with Crippen LogP contribution in [0.3, 0.4) is 0 Å². The van der Waals surface area contributed by atoms with Crippen LogP contribution in [0.1, 0.15) is 58.2 Å². The van der Waals surface area contributed by atoms with Gasteiger partial charge in [0.05, 0.1) is 18.9 Å². The lowest BCUT2D eigenvalue weighted by Crippen LogP contribution is -2.62. The van der Waals surface area contributed by atoms with Crippen LogP contribution in [0.5, 0.6) is 0 Å². The van der Waals surface area contributed by atoms with E-state index in [-0.39, 0.29) is 31.6 Å². The summed E-state index contributed by atoms with van der Waals surface area (Å²) in [7, 11) is 0. The highest BCUT2D eigenvalue weighted by molar-refractivity contribution is 7.98. The van der Waals surface area contributed by atoms with E-state index in [1.807, 2.05) is 0 Å². The lowest BCUT2D eigenvalue weighted by Gasteiger charge is -2.28. The van der Waals surface area contributed by atoms with Crippen LogP contribution in [-0.2, 0) is 51.2 Å². The summed E-state index contributed by atoms with van der Waals surface area (Å²) >= 11 is 1.39. The molecule has 56 heavy (non-hydrogen) atoms. The van der Waals surface area contributed by atoms with Gasteiger partial charge < -0.3 is 52.8 Å². The second-order valence-electron chi connectivity index (χ2n) is 13.6. The number of carboxylic acids is 1. The van der Waals surface area contributed by atoms with Crippen LogP contribution in [0, 0.1) is 5.92 Å². The number of nitrogens with zero attached hydrogens (tertiary/aromatic N) is 1. The molecule has 0 aliphatic rings. The standard InChI is InChI=1S/C36H53N9O10S/c1-19(2)13-25(32(50)42-27(16-29(37)48)34(52)44-28(36(54)55)14-22-9-7-6-8-10-22)43-35(53)30(20(3)46)45-31(49)24(11-12-56-5)41-33(51)26(40-21(4)47)15-23-17-38-18-39-23/h6-10,17-20,24-28,30,46H,11-16H2,1-5H3,(H2,37,48)(H,38,39)(H,40,47)(H,41,51)(H,42,50)(H,43,53)(H,44,52)(H,45,49)(H,54,55)/t20-,24+,25+,26+,27+,28+,30+/m1/s1. The monoisotopic (exact) mass is 803 g/mol. The van der Waals surface area contributed by atoms with E-state index in [1.54, 1.807) is 50.4 Å². The number of aliphatic hydroxyl groups is 1. The van der Waals surface area contributed by atoms with Gasteiger partial charge in [0.2, 0.25) is 41.4 Å². The first-order chi connectivity index (χ1) is 26.4. The number of nitrogens with two attached hydrogens (primary N) is 1. The molecule has 11 N–H and O–H groups in total. The summed E-state index contributed by atoms with van der Waals surface area (Å²) in [5, 5.41) is 35.2. The van der Waals surface area contributed by atoms with Crippen molar-refractivity contribution in [2.24, 2.45) is 11.7 Å². The fourth-order valence-electron chi connectivity index (χ4n) is 5.48. The molecule has 7 atom stereocenters. The van der Waals surface area contributed by atoms with Crippen molar-refractivity contribution in [1.82, 2.24) is 41.9 Å². The molecule has 0 aliphatic carbocycles. The average Bonchev–Trinajstić information content (AvgIpc) is 3.63. The normalized spacial score (nSPS) is 14.8. The van der Waals surface area contributed by atoms with Crippen LogP contribution >= 0.6 is 11.8 Å². The number of hydrogen-bond acceptors (Lipinski definition) is 11. The van der Waals surface area contributed by atoms with Gasteiger partial charge in [-0.3, -0.25) is 33.6 Å². The summed E-state index contributed by atoms with van der Waals surface area (Å²) in [6.07, 6.45) is 2.53. The van der Waals surface area contributed by atoms with Gasteiger partial charge in [0.1, 0.15) is 36.3 Å². The van der Waals surface area contributed by atoms with Crippen molar-refractivity contribution >= 4 is 59.1 Å². The number of nitrogens with one attached hydrogen (secondary N) is 7. The van der Waals surface area contributed by atoms with Crippen LogP contribution < -0.4 is 37.6 Å². The molecule has 2 rings (SSSR count). The second-order valence-corrected chi connectivity index (χ2v) is 14.6. The molecule has 0 unspecified atom stereocenters. The summed E-state index contributed by atoms with van der Waals surface area (Å²) in [6, 6.07) is 0.141. The molecule has 308 valence electrons. The number of carbonyl (C=O) groups is 8. The lowest BCUT2D eigenvalue weighted by atomic mass is 10.0. The van der Waals surface area contributed by atoms with E-state index in [4.69, 9.17) is 5.73 Å². The molecule has 20 heteroatoms. The maximum atomic E-state index is 13.6. The maximum Gasteiger partial charge on any atom is 0.326 e. The largest absolute Gasteiger partial charge is 0.480 e. The topological polar surface area (TPSA) is 304 Å². The Hall–Kier alpha value is -5.50. The molecule has 1 aromatic heterocycles. The highest BCUT2D eigenvalue weighted by Gasteiger charge is 2.35. The van der Waals surface area contributed by atoms with E-state index in [1.165, 1.54) is 38.1 Å². The number of hydrogen-bond donors (Lipinski definition) is 10. The number of H-pyrrole nitrogens is 1. The van der Waals surface area contributed by atoms with E-state index < -0.39 is 96.1 Å². The Kier molecular flexibility index (Phi) is 19.5. The summed E-state index contributed by atoms with van der Waals surface area (Å²) in [6.45, 7) is 5.96. The van der Waals surface area contributed by atoms with Gasteiger partial charge in [0.25, 0.3) is 0 Å². The summed E-state index contributed by atoms with van der Waals surface area (Å²) in [4.78, 5) is 110. The molecule has 0 bridgehead atoms. The number of aliphatic hydroxyl groups excluding tert-OH is 1. The van der Waals surface area contributed by atoms with E-state index in [0.717, 1.165) is 0 Å². The van der Waals surface area contributed by atoms with Crippen LogP contribution in [0.4, 0.5) is 0 Å². The van der Waals surface area contributed by atoms with Crippen molar-refractivity contribution in [3.63, 3.8) is 0 Å². The molecule has 1 heterocycles. The first-order valence-corrected chi connectivity index (χ1v) is 19.3. The minimum atomic E-state index is -1.63. The van der Waals surface area contributed by atoms with Gasteiger partial charge in [-0.1, -0.05) is 44.2 Å². The first kappa shape index (κ1) is 46.7. The van der Waals surface area contributed by atoms with Gasteiger partial charge in [-0.15, -0.1) is 0 Å². The zero-order valence-corrected chi connectivity index (χ0v) is 32.8. The zero-order valence-electron chi connectivity index (χ0n) is 32.0. The van der Waals surface area contributed by atoms with Gasteiger partial charge in [-0.05, 0) is 43.3 Å². The third-order valence-electron chi connectivity index (χ3n) is 8.25. The van der Waals surface area contributed by atoms with Crippen LogP contribution in [0.25, 0.3) is 0 Å². The van der Waals surface area contributed by atoms with E-state index >= 15 is 0 Å². The van der Waals surface area contributed by atoms with Crippen molar-refractivity contribution in [2.45, 2.75) is 102 Å². The summed E-state index contributed by atoms with van der Waals surface area (Å²) in [5.74, 6) is -7.08. The molecular formula is C36H53N9O10S. The third kappa shape index (κ3) is 16.5. The molecular weight excluding hydrogens is 751 g/mol. The molecule has 19 nitrogen and oxygen atoms in total. The average molecular weight is 804 g/mol. The number of imidazole rings is 1. The summed E-state index contributed by atoms with van der Waals surface area (Å²) < 4.78 is 0. The van der Waals surface area contributed by atoms with Gasteiger partial charge >= 0.3 is 5.97 Å². The van der Waals surface area contributed by atoms with Crippen LogP contribution in [0.15, 0.2) is 42.9 Å². The number of carbonyl (C=O) groups excluding carboxylic acids is 7. The SMILES string of the molecule is CSCC[C@H](NC(=O)[C@H](Cc1cnc[nH]1)NC(C)=O)C(=O)N[C@H](C(=O)N[C@@H](CC(C)C)C(=O)N[C@@H](CC(N)=O)C(=O)N[C@@H](Cc1ccccc1)C(=O)O)[C@@H](C)O. The highest BCUT2D eigenvalue weighted by atomic mass is 32.2. The van der Waals surface area contributed by atoms with Crippen molar-refractivity contribution in [2.75, 3.05) is 12.0 Å². The van der Waals surface area contributed by atoms with Gasteiger partial charge in [-0.25, -0.2) is 9.78 Å². The predicted octanol–water partition coefficient (Wildman–Crippen LogP) is -1.74. The molecule has 0 radical (unpaired) electrons. The predicted molar refractivity (Wildman–Crippen MR) is 205 cm³/mol. The Morgan fingerprint density at radius 1 is 0.768 bits per heavy atom. The van der Waals surface area contributed by atoms with Crippen LogP contribution in [-0.4, -0.2) is 122 Å². The third-order valence-corrected chi connectivity index (χ3v) is 8.90. The number of amides is 7. The minimum absolute atomic E-state index is 0.00198. The fourth-order valence-corrected chi connectivity index (χ4v) is 5.95. The second kappa shape index (κ2) is 23.4. The van der Waals surface area contributed by atoms with E-state index in [2.05, 4.69) is 41.9 Å². The molecule has 0 saturated carbocycles. The molecule has 0 saturated heterocycles. The Morgan fingerprint density at radius 2 is 1.34 bits per heavy atom. The van der Waals surface area contributed by atoms with Crippen LogP contribution in [0.2, 0.25) is 0 Å². The fraction of sp³-hybridized carbons (Fsp3) is 0.528. The molecule has 7 amide bonds. The Morgan fingerprint density at radius 3 is 1.88 bits per heavy atom. The Bertz CT molecular complexity index is 1640. The molecule has 0 spiro atoms. The van der Waals surface area contributed by atoms with E-state index in [0.29, 0.717) is 17.0 Å². The van der Waals surface area contributed by atoms with Crippen molar-refractivity contribution < 1.29 is 48.6 Å². The van der Waals surface area contributed by atoms with Crippen molar-refractivity contribution in [3.05, 3.63) is 54.1 Å². The van der Waals surface area contributed by atoms with Gasteiger partial charge in [-0.2, -0.15) is 11.8 Å². The Balaban J connectivity index is 2.25. The minimum Gasteiger partial charge on any atom is -0.480 e. The number of carboxylic acid groups (broad SMARTS) is 1. The van der Waals surface area contributed by atoms with Gasteiger partial charge in [0, 0.05) is 31.7 Å². The quantitative estimate of drug-likeness (QED) is 0.0566. The first-order valence-electron chi connectivity index (χ1n) is 17.9. The Labute approximate surface area is 328 Å². The summed E-state index contributed by atoms with van der Waals surface area (Å²) in [5.41, 5.74) is 6.51. The highest BCUT2D eigenvalue weighted by Crippen LogP contribution is 2.10. The lowest BCUT2D eigenvalue weighted by molar-refractivity contribution is -0.142. The smallest absolute Gasteiger partial charge is 0.326 e. The number of aliphatic carboxylic acids is 1. The molecule has 0 fully saturated rings. The number of thioether (sulfide) groups is 1. The zero-order chi connectivity index (χ0) is 41.9. The molecule has 0 aliphatic heterocycles. The number of benzene rings is 1. The number of aromatic nitrogens is 2. The molecule has 1 aromatic carbocycles. The van der Waals surface area contributed by atoms with Crippen molar-refractivity contribution in [3.8, 4) is 0 Å². The number of aromatic amines is 1. The van der Waals surface area contributed by atoms with E-state index in [9.17, 15) is 48.6 Å². The molecule has 2 aromatic rings. The number of rotatable bonds is 24. The maximum absolute atomic E-state index is 13.6. The number of primary amides is 1. The van der Waals surface area contributed by atoms with Crippen molar-refractivity contribution in [1.29, 1.82) is 0 Å². The van der Waals surface area contributed by atoms with Gasteiger partial charge in [0.15, 0.2) is 0 Å².